The third kappa shape index (κ3) is 8.88. The fourth-order valence-corrected chi connectivity index (χ4v) is 1.90. The molecule has 0 saturated heterocycles. The first-order valence-electron chi connectivity index (χ1n) is 6.63. The van der Waals surface area contributed by atoms with Gasteiger partial charge < -0.3 is 10.2 Å². The van der Waals surface area contributed by atoms with Gasteiger partial charge in [0.1, 0.15) is 0 Å². The van der Waals surface area contributed by atoms with Crippen molar-refractivity contribution in [3.8, 4) is 0 Å². The van der Waals surface area contributed by atoms with Crippen LogP contribution in [0.25, 0.3) is 0 Å². The van der Waals surface area contributed by atoms with E-state index in [4.69, 9.17) is 0 Å². The summed E-state index contributed by atoms with van der Waals surface area (Å²) >= 11 is 0. The van der Waals surface area contributed by atoms with Gasteiger partial charge in [0.25, 0.3) is 0 Å². The summed E-state index contributed by atoms with van der Waals surface area (Å²) in [5.74, 6) is 0.895. The van der Waals surface area contributed by atoms with Gasteiger partial charge in [-0.05, 0) is 38.9 Å². The van der Waals surface area contributed by atoms with Crippen LogP contribution in [0, 0.1) is 5.92 Å². The maximum absolute atomic E-state index is 3.58. The van der Waals surface area contributed by atoms with Crippen molar-refractivity contribution in [1.82, 2.24) is 10.2 Å². The molecule has 0 unspecified atom stereocenters. The number of hydrogen-bond acceptors (Lipinski definition) is 2. The quantitative estimate of drug-likeness (QED) is 0.563. The van der Waals surface area contributed by atoms with E-state index in [0.29, 0.717) is 0 Å². The molecule has 0 rings (SSSR count). The summed E-state index contributed by atoms with van der Waals surface area (Å²) in [4.78, 5) is 2.35. The number of nitrogens with zero attached hydrogens (tertiary/aromatic N) is 1. The molecule has 0 atom stereocenters. The van der Waals surface area contributed by atoms with Gasteiger partial charge in [-0.25, -0.2) is 0 Å². The van der Waals surface area contributed by atoms with Gasteiger partial charge >= 0.3 is 0 Å². The molecule has 0 amide bonds. The first kappa shape index (κ1) is 14.9. The fraction of sp³-hybridized carbons (Fsp3) is 1.00. The summed E-state index contributed by atoms with van der Waals surface area (Å²) in [6.07, 6.45) is 5.40. The molecule has 0 aliphatic heterocycles. The van der Waals surface area contributed by atoms with Crippen LogP contribution in [0.4, 0.5) is 0 Å². The molecular formula is C13H30N2. The summed E-state index contributed by atoms with van der Waals surface area (Å²) in [7, 11) is 2.18. The third-order valence-corrected chi connectivity index (χ3v) is 3.04. The van der Waals surface area contributed by atoms with Gasteiger partial charge in [0.15, 0.2) is 0 Å². The molecule has 0 heterocycles. The lowest BCUT2D eigenvalue weighted by atomic mass is 9.98. The lowest BCUT2D eigenvalue weighted by Gasteiger charge is -2.18. The second-order valence-electron chi connectivity index (χ2n) is 4.54. The molecule has 0 aromatic heterocycles. The van der Waals surface area contributed by atoms with Crippen molar-refractivity contribution in [1.29, 1.82) is 0 Å². The standard InChI is InChI=1S/C13H30N2/c1-5-8-13(9-6-2)12-14-10-11-15(4)7-3/h13-14H,5-12H2,1-4H3. The number of likely N-dealkylation sites (N-methyl/N-ethyl adjacent to an activating group) is 1. The topological polar surface area (TPSA) is 15.3 Å². The van der Waals surface area contributed by atoms with E-state index in [-0.39, 0.29) is 0 Å². The van der Waals surface area contributed by atoms with Crippen molar-refractivity contribution in [2.75, 3.05) is 33.2 Å². The summed E-state index contributed by atoms with van der Waals surface area (Å²) in [5.41, 5.74) is 0. The Labute approximate surface area is 96.4 Å². The average molecular weight is 214 g/mol. The Balaban J connectivity index is 3.43. The Kier molecular flexibility index (Phi) is 10.4. The predicted octanol–water partition coefficient (Wildman–Crippen LogP) is 2.74. The van der Waals surface area contributed by atoms with Crippen molar-refractivity contribution >= 4 is 0 Å². The molecule has 15 heavy (non-hydrogen) atoms. The zero-order valence-corrected chi connectivity index (χ0v) is 11.2. The van der Waals surface area contributed by atoms with Crippen LogP contribution in [-0.4, -0.2) is 38.1 Å². The van der Waals surface area contributed by atoms with E-state index < -0.39 is 0 Å². The van der Waals surface area contributed by atoms with Crippen LogP contribution in [0.2, 0.25) is 0 Å². The van der Waals surface area contributed by atoms with E-state index in [2.05, 4.69) is 38.0 Å². The van der Waals surface area contributed by atoms with Crippen LogP contribution in [0.1, 0.15) is 46.5 Å². The number of nitrogens with one attached hydrogen (secondary N) is 1. The molecule has 0 spiro atoms. The van der Waals surface area contributed by atoms with E-state index in [9.17, 15) is 0 Å². The minimum absolute atomic E-state index is 0.895. The molecule has 0 saturated carbocycles. The maximum Gasteiger partial charge on any atom is 0.0104 e. The lowest BCUT2D eigenvalue weighted by molar-refractivity contribution is 0.335. The Morgan fingerprint density at radius 1 is 1.07 bits per heavy atom. The van der Waals surface area contributed by atoms with E-state index >= 15 is 0 Å². The molecule has 0 bridgehead atoms. The number of rotatable bonds is 10. The van der Waals surface area contributed by atoms with Gasteiger partial charge in [-0.2, -0.15) is 0 Å². The average Bonchev–Trinajstić information content (AvgIpc) is 2.24. The number of hydrogen-bond donors (Lipinski definition) is 1. The van der Waals surface area contributed by atoms with Crippen molar-refractivity contribution in [3.05, 3.63) is 0 Å². The second kappa shape index (κ2) is 10.4. The summed E-state index contributed by atoms with van der Waals surface area (Å²) in [5, 5.41) is 3.58. The summed E-state index contributed by atoms with van der Waals surface area (Å²) < 4.78 is 0. The predicted molar refractivity (Wildman–Crippen MR) is 69.3 cm³/mol. The van der Waals surface area contributed by atoms with Crippen LogP contribution in [0.15, 0.2) is 0 Å². The Bertz CT molecular complexity index is 120. The molecule has 0 aliphatic carbocycles. The van der Waals surface area contributed by atoms with Crippen LogP contribution >= 0.6 is 0 Å². The molecule has 0 fully saturated rings. The minimum atomic E-state index is 0.895. The van der Waals surface area contributed by atoms with E-state index in [1.54, 1.807) is 0 Å². The maximum atomic E-state index is 3.58. The first-order valence-corrected chi connectivity index (χ1v) is 6.63. The van der Waals surface area contributed by atoms with Crippen LogP contribution in [0.3, 0.4) is 0 Å². The van der Waals surface area contributed by atoms with E-state index in [0.717, 1.165) is 19.0 Å². The monoisotopic (exact) mass is 214 g/mol. The lowest BCUT2D eigenvalue weighted by Crippen LogP contribution is -2.32. The zero-order valence-electron chi connectivity index (χ0n) is 11.2. The van der Waals surface area contributed by atoms with Gasteiger partial charge in [-0.3, -0.25) is 0 Å². The highest BCUT2D eigenvalue weighted by Gasteiger charge is 2.05. The Hall–Kier alpha value is -0.0800. The van der Waals surface area contributed by atoms with Crippen LogP contribution in [0.5, 0.6) is 0 Å². The minimum Gasteiger partial charge on any atom is -0.315 e. The second-order valence-corrected chi connectivity index (χ2v) is 4.54. The fourth-order valence-electron chi connectivity index (χ4n) is 1.90. The summed E-state index contributed by atoms with van der Waals surface area (Å²) in [6, 6.07) is 0. The molecule has 0 radical (unpaired) electrons. The van der Waals surface area contributed by atoms with Crippen molar-refractivity contribution in [3.63, 3.8) is 0 Å². The van der Waals surface area contributed by atoms with Crippen molar-refractivity contribution < 1.29 is 0 Å². The van der Waals surface area contributed by atoms with Gasteiger partial charge in [0, 0.05) is 13.1 Å². The molecule has 0 aliphatic rings. The first-order chi connectivity index (χ1) is 7.24. The Morgan fingerprint density at radius 2 is 1.67 bits per heavy atom. The molecule has 1 N–H and O–H groups in total. The largest absolute Gasteiger partial charge is 0.315 e. The van der Waals surface area contributed by atoms with Gasteiger partial charge in [-0.15, -0.1) is 0 Å². The van der Waals surface area contributed by atoms with Crippen molar-refractivity contribution in [2.45, 2.75) is 46.5 Å². The molecule has 92 valence electrons. The zero-order chi connectivity index (χ0) is 11.5. The van der Waals surface area contributed by atoms with Gasteiger partial charge in [-0.1, -0.05) is 33.6 Å². The van der Waals surface area contributed by atoms with Crippen LogP contribution < -0.4 is 5.32 Å². The van der Waals surface area contributed by atoms with Crippen LogP contribution in [-0.2, 0) is 0 Å². The van der Waals surface area contributed by atoms with E-state index in [1.165, 1.54) is 38.8 Å². The van der Waals surface area contributed by atoms with Gasteiger partial charge in [0.2, 0.25) is 0 Å². The molecular weight excluding hydrogens is 184 g/mol. The molecule has 2 nitrogen and oxygen atoms in total. The normalized spacial score (nSPS) is 11.6. The molecule has 2 heteroatoms. The van der Waals surface area contributed by atoms with E-state index in [1.807, 2.05) is 0 Å². The highest BCUT2D eigenvalue weighted by atomic mass is 15.1. The smallest absolute Gasteiger partial charge is 0.0104 e. The third-order valence-electron chi connectivity index (χ3n) is 3.04. The highest BCUT2D eigenvalue weighted by Crippen LogP contribution is 2.11. The SMILES string of the molecule is CCCC(CCC)CNCCN(C)CC. The summed E-state index contributed by atoms with van der Waals surface area (Å²) in [6.45, 7) is 11.4. The Morgan fingerprint density at radius 3 is 2.13 bits per heavy atom. The molecule has 0 aromatic rings. The van der Waals surface area contributed by atoms with Crippen molar-refractivity contribution in [2.24, 2.45) is 5.92 Å². The van der Waals surface area contributed by atoms with Gasteiger partial charge in [0.05, 0.1) is 0 Å². The molecule has 0 aromatic carbocycles. The highest BCUT2D eigenvalue weighted by molar-refractivity contribution is 4.62.